The lowest BCUT2D eigenvalue weighted by molar-refractivity contribution is -0.0387. The second-order valence-electron chi connectivity index (χ2n) is 6.62. The number of piperidine rings is 1. The number of nitrogens with zero attached hydrogens (tertiary/aromatic N) is 3. The Morgan fingerprint density at radius 3 is 3.09 bits per heavy atom. The number of furan rings is 1. The Hall–Kier alpha value is -1.66. The summed E-state index contributed by atoms with van der Waals surface area (Å²) in [7, 11) is 0. The predicted molar refractivity (Wildman–Crippen MR) is 78.1 cm³/mol. The van der Waals surface area contributed by atoms with Crippen molar-refractivity contribution in [2.75, 3.05) is 13.1 Å². The third-order valence-corrected chi connectivity index (χ3v) is 4.50. The van der Waals surface area contributed by atoms with Crippen LogP contribution in [0.1, 0.15) is 49.1 Å². The average molecular weight is 303 g/mol. The molecule has 2 fully saturated rings. The number of hydrogen-bond donors (Lipinski definition) is 1. The molecule has 118 valence electrons. The van der Waals surface area contributed by atoms with Gasteiger partial charge in [-0.3, -0.25) is 4.90 Å². The van der Waals surface area contributed by atoms with Crippen LogP contribution in [0, 0.1) is 0 Å². The van der Waals surface area contributed by atoms with Crippen molar-refractivity contribution in [2.24, 2.45) is 0 Å². The molecular formula is C16H21N3O3. The molecule has 1 atom stereocenters. The first kappa shape index (κ1) is 14.0. The van der Waals surface area contributed by atoms with Crippen molar-refractivity contribution >= 4 is 0 Å². The number of β-amino-alcohol motifs (C(OH)–C–C–N with tert-alkyl or cyclic N) is 1. The van der Waals surface area contributed by atoms with Gasteiger partial charge in [0.25, 0.3) is 0 Å². The van der Waals surface area contributed by atoms with Gasteiger partial charge >= 0.3 is 0 Å². The van der Waals surface area contributed by atoms with Crippen LogP contribution in [0.3, 0.4) is 0 Å². The molecule has 3 heterocycles. The second kappa shape index (κ2) is 5.52. The van der Waals surface area contributed by atoms with E-state index in [2.05, 4.69) is 15.0 Å². The monoisotopic (exact) mass is 303 g/mol. The molecule has 1 saturated carbocycles. The maximum absolute atomic E-state index is 10.9. The molecule has 1 aliphatic heterocycles. The van der Waals surface area contributed by atoms with E-state index < -0.39 is 5.60 Å². The highest BCUT2D eigenvalue weighted by atomic mass is 16.5. The molecule has 0 radical (unpaired) electrons. The number of aliphatic hydroxyl groups is 1. The fraction of sp³-hybridized carbons (Fsp3) is 0.625. The lowest BCUT2D eigenvalue weighted by Crippen LogP contribution is -2.49. The molecule has 2 aromatic rings. The van der Waals surface area contributed by atoms with E-state index >= 15 is 0 Å². The lowest BCUT2D eigenvalue weighted by atomic mass is 9.89. The highest BCUT2D eigenvalue weighted by Crippen LogP contribution is 2.38. The molecule has 0 spiro atoms. The van der Waals surface area contributed by atoms with Gasteiger partial charge in [-0.25, -0.2) is 0 Å². The summed E-state index contributed by atoms with van der Waals surface area (Å²) in [5, 5.41) is 14.9. The molecule has 2 aliphatic rings. The first-order valence-electron chi connectivity index (χ1n) is 8.00. The molecular weight excluding hydrogens is 282 g/mol. The van der Waals surface area contributed by atoms with Gasteiger partial charge in [-0.05, 0) is 44.4 Å². The van der Waals surface area contributed by atoms with Gasteiger partial charge < -0.3 is 14.0 Å². The molecule has 2 aromatic heterocycles. The van der Waals surface area contributed by atoms with E-state index in [1.165, 1.54) is 0 Å². The van der Waals surface area contributed by atoms with E-state index in [4.69, 9.17) is 8.94 Å². The SMILES string of the molecule is OC1(Cc2nc(C3CC3)no2)CCCN(Cc2ccco2)C1. The van der Waals surface area contributed by atoms with Gasteiger partial charge in [0, 0.05) is 12.5 Å². The zero-order valence-corrected chi connectivity index (χ0v) is 12.6. The quantitative estimate of drug-likeness (QED) is 0.911. The summed E-state index contributed by atoms with van der Waals surface area (Å²) in [5.74, 6) is 2.78. The molecule has 6 heteroatoms. The van der Waals surface area contributed by atoms with Crippen molar-refractivity contribution in [3.05, 3.63) is 35.9 Å². The lowest BCUT2D eigenvalue weighted by Gasteiger charge is -2.38. The minimum Gasteiger partial charge on any atom is -0.468 e. The van der Waals surface area contributed by atoms with Gasteiger partial charge in [0.15, 0.2) is 5.82 Å². The zero-order valence-electron chi connectivity index (χ0n) is 12.6. The number of aromatic nitrogens is 2. The second-order valence-corrected chi connectivity index (χ2v) is 6.62. The summed E-state index contributed by atoms with van der Waals surface area (Å²) >= 11 is 0. The van der Waals surface area contributed by atoms with E-state index in [1.54, 1.807) is 6.26 Å². The molecule has 0 amide bonds. The molecule has 6 nitrogen and oxygen atoms in total. The fourth-order valence-corrected chi connectivity index (χ4v) is 3.24. The highest BCUT2D eigenvalue weighted by molar-refractivity contribution is 5.05. The molecule has 0 aromatic carbocycles. The van der Waals surface area contributed by atoms with Gasteiger partial charge in [0.1, 0.15) is 5.76 Å². The van der Waals surface area contributed by atoms with E-state index in [0.717, 1.165) is 50.4 Å². The minimum atomic E-state index is -0.793. The smallest absolute Gasteiger partial charge is 0.229 e. The van der Waals surface area contributed by atoms with Crippen molar-refractivity contribution in [3.63, 3.8) is 0 Å². The molecule has 4 rings (SSSR count). The highest BCUT2D eigenvalue weighted by Gasteiger charge is 2.36. The molecule has 0 bridgehead atoms. The Labute approximate surface area is 129 Å². The third-order valence-electron chi connectivity index (χ3n) is 4.50. The topological polar surface area (TPSA) is 75.5 Å². The van der Waals surface area contributed by atoms with Gasteiger partial charge in [0.2, 0.25) is 5.89 Å². The summed E-state index contributed by atoms with van der Waals surface area (Å²) in [6, 6.07) is 3.86. The first-order chi connectivity index (χ1) is 10.7. The Kier molecular flexibility index (Phi) is 3.50. The number of hydrogen-bond acceptors (Lipinski definition) is 6. The molecule has 1 aliphatic carbocycles. The summed E-state index contributed by atoms with van der Waals surface area (Å²) in [4.78, 5) is 6.66. The van der Waals surface area contributed by atoms with Crippen molar-refractivity contribution in [1.82, 2.24) is 15.0 Å². The van der Waals surface area contributed by atoms with Crippen molar-refractivity contribution in [1.29, 1.82) is 0 Å². The average Bonchev–Trinajstić information content (AvgIpc) is 3.02. The Balaban J connectivity index is 1.40. The molecule has 1 saturated heterocycles. The van der Waals surface area contributed by atoms with Gasteiger partial charge in [-0.1, -0.05) is 5.16 Å². The maximum Gasteiger partial charge on any atom is 0.229 e. The van der Waals surface area contributed by atoms with E-state index in [9.17, 15) is 5.11 Å². The Morgan fingerprint density at radius 2 is 2.32 bits per heavy atom. The van der Waals surface area contributed by atoms with E-state index in [-0.39, 0.29) is 0 Å². The van der Waals surface area contributed by atoms with Crippen molar-refractivity contribution in [2.45, 2.75) is 50.2 Å². The summed E-state index contributed by atoms with van der Waals surface area (Å²) in [6.45, 7) is 2.31. The maximum atomic E-state index is 10.9. The van der Waals surface area contributed by atoms with E-state index in [1.807, 2.05) is 12.1 Å². The summed E-state index contributed by atoms with van der Waals surface area (Å²) in [6.07, 6.45) is 6.15. The van der Waals surface area contributed by atoms with Crippen LogP contribution in [-0.2, 0) is 13.0 Å². The Morgan fingerprint density at radius 1 is 1.41 bits per heavy atom. The van der Waals surface area contributed by atoms with Crippen LogP contribution >= 0.6 is 0 Å². The minimum absolute atomic E-state index is 0.432. The normalized spacial score (nSPS) is 26.4. The summed E-state index contributed by atoms with van der Waals surface area (Å²) < 4.78 is 10.7. The molecule has 1 unspecified atom stereocenters. The first-order valence-corrected chi connectivity index (χ1v) is 8.00. The van der Waals surface area contributed by atoms with Crippen LogP contribution in [0.5, 0.6) is 0 Å². The van der Waals surface area contributed by atoms with Crippen LogP contribution in [0.15, 0.2) is 27.3 Å². The van der Waals surface area contributed by atoms with Crippen molar-refractivity contribution in [3.8, 4) is 0 Å². The number of rotatable bonds is 5. The van der Waals surface area contributed by atoms with Crippen LogP contribution in [0.2, 0.25) is 0 Å². The fourth-order valence-electron chi connectivity index (χ4n) is 3.24. The van der Waals surface area contributed by atoms with Crippen LogP contribution in [0.25, 0.3) is 0 Å². The molecule has 22 heavy (non-hydrogen) atoms. The van der Waals surface area contributed by atoms with Crippen LogP contribution in [-0.4, -0.2) is 38.8 Å². The number of likely N-dealkylation sites (tertiary alicyclic amines) is 1. The van der Waals surface area contributed by atoms with Crippen molar-refractivity contribution < 1.29 is 14.0 Å². The van der Waals surface area contributed by atoms with Gasteiger partial charge in [-0.2, -0.15) is 4.98 Å². The van der Waals surface area contributed by atoms with Crippen LogP contribution < -0.4 is 0 Å². The summed E-state index contributed by atoms with van der Waals surface area (Å²) in [5.41, 5.74) is -0.793. The van der Waals surface area contributed by atoms with Gasteiger partial charge in [-0.15, -0.1) is 0 Å². The largest absolute Gasteiger partial charge is 0.468 e. The van der Waals surface area contributed by atoms with Gasteiger partial charge in [0.05, 0.1) is 24.8 Å². The predicted octanol–water partition coefficient (Wildman–Crippen LogP) is 2.11. The van der Waals surface area contributed by atoms with Crippen LogP contribution in [0.4, 0.5) is 0 Å². The standard InChI is InChI=1S/C16H21N3O3/c20-16(9-14-17-15(18-22-14)12-4-5-12)6-2-7-19(11-16)10-13-3-1-8-21-13/h1,3,8,12,20H,2,4-7,9-11H2. The Bertz CT molecular complexity index is 620. The van der Waals surface area contributed by atoms with E-state index in [0.29, 0.717) is 24.8 Å². The third kappa shape index (κ3) is 3.08. The zero-order chi connectivity index (χ0) is 15.0. The molecule has 1 N–H and O–H groups in total.